The molecule has 5 heteroatoms. The minimum absolute atomic E-state index is 0.665. The van der Waals surface area contributed by atoms with E-state index < -0.39 is 0 Å². The smallest absolute Gasteiger partial charge is 0.0919 e. The predicted molar refractivity (Wildman–Crippen MR) is 87.5 cm³/mol. The number of aryl methyl sites for hydroxylation is 1. The summed E-state index contributed by atoms with van der Waals surface area (Å²) in [5.74, 6) is 0.741. The first-order chi connectivity index (χ1) is 10.6. The molecule has 0 radical (unpaired) electrons. The Balaban J connectivity index is 1.59. The summed E-state index contributed by atoms with van der Waals surface area (Å²) in [4.78, 5) is 11.7. The van der Waals surface area contributed by atoms with Crippen LogP contribution in [-0.4, -0.2) is 44.2 Å². The van der Waals surface area contributed by atoms with Gasteiger partial charge in [-0.3, -0.25) is 15.1 Å². The molecular formula is C17H25N5. The third kappa shape index (κ3) is 3.35. The van der Waals surface area contributed by atoms with Crippen molar-refractivity contribution in [1.82, 2.24) is 25.1 Å². The van der Waals surface area contributed by atoms with Crippen molar-refractivity contribution in [2.75, 3.05) is 13.1 Å². The molecule has 0 unspecified atom stereocenters. The average Bonchev–Trinajstić information content (AvgIpc) is 2.95. The van der Waals surface area contributed by atoms with Crippen molar-refractivity contribution in [1.29, 1.82) is 0 Å². The van der Waals surface area contributed by atoms with Gasteiger partial charge in [0.1, 0.15) is 0 Å². The Hall–Kier alpha value is -1.75. The number of hydrogen-bond donors (Lipinski definition) is 1. The second-order valence-corrected chi connectivity index (χ2v) is 6.58. The molecule has 1 saturated heterocycles. The van der Waals surface area contributed by atoms with Crippen molar-refractivity contribution in [3.8, 4) is 11.3 Å². The molecular weight excluding hydrogens is 274 g/mol. The number of nitrogens with zero attached hydrogens (tertiary/aromatic N) is 4. The van der Waals surface area contributed by atoms with Crippen LogP contribution in [-0.2, 0) is 6.42 Å². The number of piperidine rings is 1. The fourth-order valence-corrected chi connectivity index (χ4v) is 3.18. The van der Waals surface area contributed by atoms with Gasteiger partial charge in [0.25, 0.3) is 0 Å². The molecule has 0 saturated carbocycles. The molecule has 0 aliphatic carbocycles. The quantitative estimate of drug-likeness (QED) is 0.943. The van der Waals surface area contributed by atoms with Crippen molar-refractivity contribution in [2.24, 2.45) is 5.92 Å². The maximum absolute atomic E-state index is 4.61. The summed E-state index contributed by atoms with van der Waals surface area (Å²) >= 11 is 0. The first-order valence-corrected chi connectivity index (χ1v) is 8.19. The Morgan fingerprint density at radius 2 is 1.95 bits per heavy atom. The van der Waals surface area contributed by atoms with E-state index in [9.17, 15) is 0 Å². The highest BCUT2D eigenvalue weighted by molar-refractivity contribution is 5.59. The zero-order chi connectivity index (χ0) is 15.5. The predicted octanol–water partition coefficient (Wildman–Crippen LogP) is 2.84. The monoisotopic (exact) mass is 299 g/mol. The number of likely N-dealkylation sites (tertiary alicyclic amines) is 1. The number of rotatable bonds is 4. The van der Waals surface area contributed by atoms with Crippen LogP contribution in [0.5, 0.6) is 0 Å². The van der Waals surface area contributed by atoms with E-state index in [2.05, 4.69) is 38.9 Å². The van der Waals surface area contributed by atoms with Gasteiger partial charge in [-0.15, -0.1) is 0 Å². The number of H-pyrrole nitrogens is 1. The molecule has 0 amide bonds. The van der Waals surface area contributed by atoms with Crippen LogP contribution in [0.15, 0.2) is 18.6 Å². The Labute approximate surface area is 132 Å². The molecule has 22 heavy (non-hydrogen) atoms. The number of hydrogen-bond acceptors (Lipinski definition) is 4. The molecule has 0 aromatic carbocycles. The summed E-state index contributed by atoms with van der Waals surface area (Å²) in [5, 5.41) is 6.98. The molecule has 5 nitrogen and oxygen atoms in total. The normalized spacial score (nSPS) is 17.3. The Morgan fingerprint density at radius 3 is 2.50 bits per heavy atom. The molecule has 1 fully saturated rings. The lowest BCUT2D eigenvalue weighted by Gasteiger charge is -2.34. The van der Waals surface area contributed by atoms with Gasteiger partial charge in [0.15, 0.2) is 0 Å². The number of aromatic amines is 1. The van der Waals surface area contributed by atoms with Crippen LogP contribution in [0.25, 0.3) is 11.3 Å². The molecule has 1 aliphatic heterocycles. The molecule has 118 valence electrons. The third-order valence-electron chi connectivity index (χ3n) is 4.69. The molecule has 0 bridgehead atoms. The fraction of sp³-hybridized carbons (Fsp3) is 0.588. The maximum Gasteiger partial charge on any atom is 0.0919 e. The first-order valence-electron chi connectivity index (χ1n) is 8.19. The zero-order valence-electron chi connectivity index (χ0n) is 13.7. The first kappa shape index (κ1) is 15.2. The van der Waals surface area contributed by atoms with E-state index in [0.717, 1.165) is 35.0 Å². The Kier molecular flexibility index (Phi) is 4.52. The van der Waals surface area contributed by atoms with E-state index in [4.69, 9.17) is 0 Å². The lowest BCUT2D eigenvalue weighted by atomic mass is 9.92. The van der Waals surface area contributed by atoms with Gasteiger partial charge in [-0.25, -0.2) is 0 Å². The van der Waals surface area contributed by atoms with Gasteiger partial charge in [-0.1, -0.05) is 0 Å². The summed E-state index contributed by atoms with van der Waals surface area (Å²) < 4.78 is 0. The molecule has 2 aromatic rings. The highest BCUT2D eigenvalue weighted by Crippen LogP contribution is 2.23. The number of nitrogens with one attached hydrogen (secondary N) is 1. The van der Waals surface area contributed by atoms with Crippen LogP contribution in [0.3, 0.4) is 0 Å². The van der Waals surface area contributed by atoms with Crippen molar-refractivity contribution in [3.63, 3.8) is 0 Å². The van der Waals surface area contributed by atoms with Crippen molar-refractivity contribution < 1.29 is 0 Å². The molecule has 2 aromatic heterocycles. The van der Waals surface area contributed by atoms with Crippen LogP contribution < -0.4 is 0 Å². The van der Waals surface area contributed by atoms with E-state index in [1.54, 1.807) is 6.20 Å². The third-order valence-corrected chi connectivity index (χ3v) is 4.69. The van der Waals surface area contributed by atoms with E-state index in [1.165, 1.54) is 25.9 Å². The maximum atomic E-state index is 4.61. The molecule has 1 aliphatic rings. The van der Waals surface area contributed by atoms with Crippen LogP contribution in [0.1, 0.15) is 38.1 Å². The van der Waals surface area contributed by atoms with E-state index >= 15 is 0 Å². The standard InChI is InChI=1S/C17H25N5/c1-12(2)22-6-4-14(5-7-22)8-15-9-19-17(11-18-15)16-10-20-21-13(16)3/h9-12,14H,4-8H2,1-3H3,(H,20,21). The van der Waals surface area contributed by atoms with Gasteiger partial charge >= 0.3 is 0 Å². The SMILES string of the molecule is Cc1[nH]ncc1-c1cnc(CC2CCN(C(C)C)CC2)cn1. The molecule has 0 atom stereocenters. The van der Waals surface area contributed by atoms with Crippen molar-refractivity contribution in [2.45, 2.75) is 46.1 Å². The van der Waals surface area contributed by atoms with Crippen LogP contribution in [0.2, 0.25) is 0 Å². The lowest BCUT2D eigenvalue weighted by molar-refractivity contribution is 0.149. The van der Waals surface area contributed by atoms with Gasteiger partial charge in [0.2, 0.25) is 0 Å². The molecule has 1 N–H and O–H groups in total. The average molecular weight is 299 g/mol. The zero-order valence-corrected chi connectivity index (χ0v) is 13.7. The second-order valence-electron chi connectivity index (χ2n) is 6.58. The minimum atomic E-state index is 0.665. The summed E-state index contributed by atoms with van der Waals surface area (Å²) in [6.45, 7) is 8.98. The summed E-state index contributed by atoms with van der Waals surface area (Å²) in [7, 11) is 0. The second kappa shape index (κ2) is 6.57. The van der Waals surface area contributed by atoms with E-state index in [-0.39, 0.29) is 0 Å². The van der Waals surface area contributed by atoms with Crippen molar-refractivity contribution >= 4 is 0 Å². The summed E-state index contributed by atoms with van der Waals surface area (Å²) in [6.07, 6.45) is 9.18. The van der Waals surface area contributed by atoms with Gasteiger partial charge in [-0.2, -0.15) is 5.10 Å². The fourth-order valence-electron chi connectivity index (χ4n) is 3.18. The summed E-state index contributed by atoms with van der Waals surface area (Å²) in [6, 6.07) is 0.665. The topological polar surface area (TPSA) is 57.7 Å². The Bertz CT molecular complexity index is 594. The van der Waals surface area contributed by atoms with E-state index in [1.807, 2.05) is 19.3 Å². The van der Waals surface area contributed by atoms with Crippen molar-refractivity contribution in [3.05, 3.63) is 30.0 Å². The van der Waals surface area contributed by atoms with Gasteiger partial charge in [0, 0.05) is 23.5 Å². The Morgan fingerprint density at radius 1 is 1.18 bits per heavy atom. The number of aromatic nitrogens is 4. The van der Waals surface area contributed by atoms with Crippen LogP contribution in [0, 0.1) is 12.8 Å². The van der Waals surface area contributed by atoms with Gasteiger partial charge in [-0.05, 0) is 59.0 Å². The van der Waals surface area contributed by atoms with Crippen LogP contribution in [0.4, 0.5) is 0 Å². The highest BCUT2D eigenvalue weighted by atomic mass is 15.1. The molecule has 3 rings (SSSR count). The molecule has 3 heterocycles. The largest absolute Gasteiger partial charge is 0.301 e. The van der Waals surface area contributed by atoms with Gasteiger partial charge < -0.3 is 4.90 Å². The summed E-state index contributed by atoms with van der Waals surface area (Å²) in [5.41, 5.74) is 4.06. The lowest BCUT2D eigenvalue weighted by Crippen LogP contribution is -2.38. The minimum Gasteiger partial charge on any atom is -0.301 e. The highest BCUT2D eigenvalue weighted by Gasteiger charge is 2.21. The van der Waals surface area contributed by atoms with Gasteiger partial charge in [0.05, 0.1) is 23.8 Å². The van der Waals surface area contributed by atoms with E-state index in [0.29, 0.717) is 6.04 Å². The molecule has 0 spiro atoms. The van der Waals surface area contributed by atoms with Crippen LogP contribution >= 0.6 is 0 Å².